The molecule has 0 amide bonds. The molecule has 2 aliphatic rings. The van der Waals surface area contributed by atoms with Crippen LogP contribution < -0.4 is 27.7 Å². The van der Waals surface area contributed by atoms with Crippen LogP contribution in [0.25, 0.3) is 0 Å². The van der Waals surface area contributed by atoms with Crippen molar-refractivity contribution in [3.05, 3.63) is 45.5 Å². The number of rotatable bonds is 10. The van der Waals surface area contributed by atoms with Crippen LogP contribution in [0.1, 0.15) is 25.3 Å². The molecule has 2 aliphatic heterocycles. The summed E-state index contributed by atoms with van der Waals surface area (Å²) in [5.74, 6) is 0.00658. The molecule has 21 heteroatoms. The summed E-state index contributed by atoms with van der Waals surface area (Å²) in [6, 6.07) is 2.75. The van der Waals surface area contributed by atoms with Gasteiger partial charge in [-0.2, -0.15) is 19.0 Å². The van der Waals surface area contributed by atoms with Crippen molar-refractivity contribution in [1.82, 2.24) is 19.1 Å². The number of nitrogens with two attached hydrogens (primary N) is 2. The highest BCUT2D eigenvalue weighted by Gasteiger charge is 2.46. The molecule has 0 spiro atoms. The molecule has 4 rings (SSSR count). The average Bonchev–Trinajstić information content (AvgIpc) is 3.39. The fourth-order valence-corrected chi connectivity index (χ4v) is 6.48. The molecular formula is C18H25N6O11P2S2-. The largest absolute Gasteiger partial charge is 0.649 e. The predicted molar refractivity (Wildman–Crippen MR) is 139 cm³/mol. The number of hydrogen-bond donors (Lipinski definition) is 5. The molecule has 2 aromatic heterocycles. The summed E-state index contributed by atoms with van der Waals surface area (Å²) in [5.41, 5.74) is 9.59. The molecule has 4 heterocycles. The van der Waals surface area contributed by atoms with Crippen LogP contribution in [0.5, 0.6) is 0 Å². The van der Waals surface area contributed by atoms with Crippen LogP contribution in [0.15, 0.2) is 34.1 Å². The highest BCUT2D eigenvalue weighted by Crippen LogP contribution is 2.58. The zero-order chi connectivity index (χ0) is 28.5. The Balaban J connectivity index is 1.42. The smallest absolute Gasteiger partial charge is 0.351 e. The second-order valence-electron chi connectivity index (χ2n) is 8.52. The summed E-state index contributed by atoms with van der Waals surface area (Å²) in [4.78, 5) is 63.7. The summed E-state index contributed by atoms with van der Waals surface area (Å²) in [6.45, 7) is -1.00. The van der Waals surface area contributed by atoms with E-state index in [-0.39, 0.29) is 24.5 Å². The van der Waals surface area contributed by atoms with Crippen LogP contribution >= 0.6 is 14.3 Å². The van der Waals surface area contributed by atoms with Crippen LogP contribution in [0.4, 0.5) is 11.6 Å². The first-order valence-electron chi connectivity index (χ1n) is 11.2. The van der Waals surface area contributed by atoms with Crippen molar-refractivity contribution in [2.75, 3.05) is 24.7 Å². The predicted octanol–water partition coefficient (Wildman–Crippen LogP) is -2.19. The van der Waals surface area contributed by atoms with Gasteiger partial charge in [0.1, 0.15) is 62.3 Å². The van der Waals surface area contributed by atoms with E-state index < -0.39 is 75.8 Å². The minimum absolute atomic E-state index is 0.00345. The van der Waals surface area contributed by atoms with E-state index in [4.69, 9.17) is 46.8 Å². The molecule has 2 unspecified atom stereocenters. The second-order valence-corrected chi connectivity index (χ2v) is 13.8. The zero-order valence-electron chi connectivity index (χ0n) is 19.9. The van der Waals surface area contributed by atoms with Crippen LogP contribution in [0.3, 0.4) is 0 Å². The lowest BCUT2D eigenvalue weighted by molar-refractivity contribution is -0.209. The topological polar surface area (TPSA) is 252 Å². The van der Waals surface area contributed by atoms with Gasteiger partial charge in [0.2, 0.25) is 0 Å². The van der Waals surface area contributed by atoms with Gasteiger partial charge < -0.3 is 55.4 Å². The number of nitrogen functional groups attached to an aromatic ring is 2. The quantitative estimate of drug-likeness (QED) is 0.139. The Hall–Kier alpha value is -1.44. The number of ether oxygens (including phenoxy) is 2. The minimum atomic E-state index is -4.41. The Morgan fingerprint density at radius 2 is 1.46 bits per heavy atom. The van der Waals surface area contributed by atoms with E-state index in [1.54, 1.807) is 0 Å². The van der Waals surface area contributed by atoms with Crippen molar-refractivity contribution in [3.63, 3.8) is 0 Å². The molecule has 0 aromatic carbocycles. The third-order valence-electron chi connectivity index (χ3n) is 5.80. The first kappa shape index (κ1) is 30.5. The van der Waals surface area contributed by atoms with Crippen molar-refractivity contribution >= 4 is 50.4 Å². The van der Waals surface area contributed by atoms with Gasteiger partial charge in [-0.25, -0.2) is 23.9 Å². The van der Waals surface area contributed by atoms with Gasteiger partial charge in [-0.15, -0.1) is 0 Å². The normalized spacial score (nSPS) is 30.2. The van der Waals surface area contributed by atoms with Crippen LogP contribution in [-0.2, 0) is 47.5 Å². The number of hydrogen-bond acceptors (Lipinski definition) is 17. The lowest BCUT2D eigenvalue weighted by Gasteiger charge is -2.32. The second kappa shape index (κ2) is 12.2. The maximum absolute atomic E-state index is 12.2. The Morgan fingerprint density at radius 3 is 1.92 bits per heavy atom. The van der Waals surface area contributed by atoms with Gasteiger partial charge in [-0.3, -0.25) is 9.13 Å². The molecule has 2 aromatic rings. The van der Waals surface area contributed by atoms with Gasteiger partial charge in [0.05, 0.1) is 6.61 Å². The third-order valence-corrected chi connectivity index (χ3v) is 8.19. The van der Waals surface area contributed by atoms with E-state index in [1.165, 1.54) is 24.5 Å². The molecule has 7 N–H and O–H groups in total. The van der Waals surface area contributed by atoms with E-state index >= 15 is 0 Å². The van der Waals surface area contributed by atoms with Crippen molar-refractivity contribution in [1.29, 1.82) is 0 Å². The first-order chi connectivity index (χ1) is 18.2. The monoisotopic (exact) mass is 627 g/mol. The molecule has 8 atom stereocenters. The van der Waals surface area contributed by atoms with Crippen molar-refractivity contribution < 1.29 is 42.8 Å². The standard InChI is InChI=1S/C18H26N6O11P2S2/c19-13-1-3-23(17(26)21-13)15-5-9(11(7-25)32-15)35-37(30,39)31-8-12-10(34-36(28,29)38)6-16(33-12)24-4-2-14(20)22-18(24)27/h1-4,9-12,15-16,25H,5-8H2,(H,30,39)(H2,19,21,26)(H2,20,22,27)(H2,28,29,38)/p-1/t9-,10-,11+,12+,15+,16+,37?/m0/s1. The molecule has 0 aliphatic carbocycles. The number of aromatic nitrogens is 4. The molecule has 2 saturated heterocycles. The highest BCUT2D eigenvalue weighted by atomic mass is 32.7. The number of aliphatic hydroxyl groups excluding tert-OH is 1. The molecule has 2 fully saturated rings. The zero-order valence-corrected chi connectivity index (χ0v) is 23.3. The summed E-state index contributed by atoms with van der Waals surface area (Å²) < 4.78 is 29.7. The molecule has 0 saturated carbocycles. The van der Waals surface area contributed by atoms with Gasteiger partial charge in [0.25, 0.3) is 7.15 Å². The van der Waals surface area contributed by atoms with Gasteiger partial charge in [-0.05, 0) is 12.1 Å². The number of anilines is 2. The molecule has 216 valence electrons. The van der Waals surface area contributed by atoms with Crippen molar-refractivity contribution in [2.45, 2.75) is 49.7 Å². The molecule has 0 radical (unpaired) electrons. The van der Waals surface area contributed by atoms with Gasteiger partial charge in [-0.1, -0.05) is 0 Å². The van der Waals surface area contributed by atoms with E-state index in [0.29, 0.717) is 0 Å². The van der Waals surface area contributed by atoms with Gasteiger partial charge in [0, 0.05) is 25.2 Å². The summed E-state index contributed by atoms with van der Waals surface area (Å²) in [5, 5.41) is 9.72. The van der Waals surface area contributed by atoms with Gasteiger partial charge in [0.15, 0.2) is 0 Å². The molecule has 17 nitrogen and oxygen atoms in total. The molecule has 0 bridgehead atoms. The van der Waals surface area contributed by atoms with E-state index in [2.05, 4.69) is 22.2 Å². The lowest BCUT2D eigenvalue weighted by atomic mass is 10.2. The van der Waals surface area contributed by atoms with E-state index in [0.717, 1.165) is 9.13 Å². The van der Waals surface area contributed by atoms with E-state index in [9.17, 15) is 29.4 Å². The third kappa shape index (κ3) is 7.85. The summed E-state index contributed by atoms with van der Waals surface area (Å²) >= 11 is 9.56. The maximum Gasteiger partial charge on any atom is 0.351 e. The lowest BCUT2D eigenvalue weighted by Crippen LogP contribution is -2.32. The summed E-state index contributed by atoms with van der Waals surface area (Å²) in [7, 11) is -8.44. The number of aliphatic hydroxyl groups is 1. The SMILES string of the molecule is Nc1ccn([C@H]2C[C@H](O[P+]([O-])(O)[S-])[C@@H](CO[P+](O)([S-])O[C@H]3C[C@H](n4ccc(N)nc4=O)O[C@@H]3CO)O2)c(=O)n1. The maximum atomic E-state index is 12.2. The van der Waals surface area contributed by atoms with Crippen molar-refractivity contribution in [2.24, 2.45) is 0 Å². The Morgan fingerprint density at radius 1 is 0.974 bits per heavy atom. The highest BCUT2D eigenvalue weighted by molar-refractivity contribution is 8.35. The molecule has 39 heavy (non-hydrogen) atoms. The van der Waals surface area contributed by atoms with E-state index in [1.807, 2.05) is 0 Å². The van der Waals surface area contributed by atoms with Crippen LogP contribution in [0, 0.1) is 0 Å². The Bertz CT molecular complexity index is 1280. The fourth-order valence-electron chi connectivity index (χ4n) is 4.11. The molecular weight excluding hydrogens is 602 g/mol. The fraction of sp³-hybridized carbons (Fsp3) is 0.556. The summed E-state index contributed by atoms with van der Waals surface area (Å²) in [6.07, 6.45) is -3.45. The van der Waals surface area contributed by atoms with Crippen LogP contribution in [0.2, 0.25) is 0 Å². The number of nitrogens with zero attached hydrogens (tertiary/aromatic N) is 4. The van der Waals surface area contributed by atoms with Crippen LogP contribution in [-0.4, -0.2) is 71.6 Å². The average molecular weight is 628 g/mol. The van der Waals surface area contributed by atoms with Gasteiger partial charge >= 0.3 is 11.4 Å². The first-order valence-corrected chi connectivity index (χ1v) is 16.4. The minimum Gasteiger partial charge on any atom is -0.649 e. The Kier molecular flexibility index (Phi) is 9.55. The van der Waals surface area contributed by atoms with Crippen molar-refractivity contribution in [3.8, 4) is 0 Å². The Labute approximate surface area is 232 Å².